The normalized spacial score (nSPS) is 13.7. The van der Waals surface area contributed by atoms with Gasteiger partial charge in [-0.25, -0.2) is 4.39 Å². The van der Waals surface area contributed by atoms with E-state index in [1.807, 2.05) is 6.07 Å². The van der Waals surface area contributed by atoms with Crippen LogP contribution in [-0.4, -0.2) is 4.98 Å². The Hall–Kier alpha value is -1.22. The molecule has 0 radical (unpaired) electrons. The summed E-state index contributed by atoms with van der Waals surface area (Å²) in [7, 11) is 0. The zero-order valence-corrected chi connectivity index (χ0v) is 11.5. The molecule has 1 aromatic carbocycles. The predicted octanol–water partition coefficient (Wildman–Crippen LogP) is 4.27. The van der Waals surface area contributed by atoms with Crippen molar-refractivity contribution in [3.8, 4) is 11.3 Å². The summed E-state index contributed by atoms with van der Waals surface area (Å²) >= 11 is 3.48. The molecule has 3 rings (SSSR count). The number of nitrogens with zero attached hydrogens (tertiary/aromatic N) is 1. The van der Waals surface area contributed by atoms with Crippen LogP contribution < -0.4 is 0 Å². The van der Waals surface area contributed by atoms with Gasteiger partial charge in [0, 0.05) is 16.6 Å². The molecule has 1 heterocycles. The summed E-state index contributed by atoms with van der Waals surface area (Å²) < 4.78 is 13.9. The highest BCUT2D eigenvalue weighted by Crippen LogP contribution is 2.31. The zero-order chi connectivity index (χ0) is 12.5. The third-order valence-corrected chi connectivity index (χ3v) is 4.01. The lowest BCUT2D eigenvalue weighted by Gasteiger charge is -2.10. The number of halogens is 2. The molecule has 92 valence electrons. The van der Waals surface area contributed by atoms with Crippen molar-refractivity contribution >= 4 is 15.9 Å². The van der Waals surface area contributed by atoms with Gasteiger partial charge in [0.05, 0.1) is 5.69 Å². The smallest absolute Gasteiger partial charge is 0.132 e. The van der Waals surface area contributed by atoms with Crippen molar-refractivity contribution in [1.29, 1.82) is 0 Å². The highest BCUT2D eigenvalue weighted by molar-refractivity contribution is 9.08. The van der Waals surface area contributed by atoms with E-state index in [0.717, 1.165) is 36.2 Å². The third kappa shape index (κ3) is 1.97. The molecule has 0 saturated carbocycles. The Morgan fingerprint density at radius 2 is 2.06 bits per heavy atom. The second-order valence-electron chi connectivity index (χ2n) is 4.57. The quantitative estimate of drug-likeness (QED) is 0.755. The van der Waals surface area contributed by atoms with Crippen molar-refractivity contribution in [2.75, 3.05) is 0 Å². The predicted molar refractivity (Wildman–Crippen MR) is 74.3 cm³/mol. The van der Waals surface area contributed by atoms with E-state index in [2.05, 4.69) is 27.0 Å². The molecule has 0 bridgehead atoms. The lowest BCUT2D eigenvalue weighted by atomic mass is 10.0. The first-order valence-corrected chi connectivity index (χ1v) is 7.24. The van der Waals surface area contributed by atoms with Crippen molar-refractivity contribution in [3.05, 3.63) is 53.0 Å². The van der Waals surface area contributed by atoms with Gasteiger partial charge in [0.2, 0.25) is 0 Å². The summed E-state index contributed by atoms with van der Waals surface area (Å²) in [5, 5.41) is 0.705. The van der Waals surface area contributed by atoms with Gasteiger partial charge in [-0.3, -0.25) is 4.98 Å². The maximum absolute atomic E-state index is 13.9. The number of fused-ring (bicyclic) bond motifs is 1. The van der Waals surface area contributed by atoms with Gasteiger partial charge in [0.15, 0.2) is 0 Å². The monoisotopic (exact) mass is 305 g/mol. The van der Waals surface area contributed by atoms with Gasteiger partial charge < -0.3 is 0 Å². The summed E-state index contributed by atoms with van der Waals surface area (Å²) in [4.78, 5) is 4.69. The second-order valence-corrected chi connectivity index (χ2v) is 5.13. The molecule has 0 fully saturated rings. The molecule has 1 nitrogen and oxygen atoms in total. The Bertz CT molecular complexity index is 595. The molecular formula is C15H13BrFN. The molecule has 1 aliphatic carbocycles. The first-order chi connectivity index (χ1) is 8.79. The molecule has 1 aromatic heterocycles. The lowest BCUT2D eigenvalue weighted by Crippen LogP contribution is -1.98. The maximum Gasteiger partial charge on any atom is 0.132 e. The van der Waals surface area contributed by atoms with Crippen LogP contribution in [0.4, 0.5) is 4.39 Å². The number of benzene rings is 1. The fourth-order valence-corrected chi connectivity index (χ4v) is 2.94. The summed E-state index contributed by atoms with van der Waals surface area (Å²) in [5.74, 6) is -0.204. The van der Waals surface area contributed by atoms with Crippen molar-refractivity contribution in [1.82, 2.24) is 4.98 Å². The van der Waals surface area contributed by atoms with E-state index in [1.54, 1.807) is 12.1 Å². The topological polar surface area (TPSA) is 12.9 Å². The molecule has 0 saturated heterocycles. The van der Waals surface area contributed by atoms with Gasteiger partial charge in [-0.05, 0) is 42.5 Å². The molecule has 0 amide bonds. The number of aryl methyl sites for hydroxylation is 2. The average molecular weight is 306 g/mol. The molecule has 0 atom stereocenters. The number of pyridine rings is 1. The molecule has 0 spiro atoms. The standard InChI is InChI=1S/C15H13BrFN/c16-9-11-8-10-4-3-7-14(10)18-15(11)12-5-1-2-6-13(12)17/h1-2,5-6,8H,3-4,7,9H2. The largest absolute Gasteiger partial charge is 0.252 e. The van der Waals surface area contributed by atoms with E-state index in [9.17, 15) is 4.39 Å². The molecule has 18 heavy (non-hydrogen) atoms. The van der Waals surface area contributed by atoms with E-state index in [1.165, 1.54) is 11.6 Å². The van der Waals surface area contributed by atoms with Gasteiger partial charge in [-0.2, -0.15) is 0 Å². The van der Waals surface area contributed by atoms with Gasteiger partial charge in [-0.15, -0.1) is 0 Å². The Balaban J connectivity index is 2.20. The number of rotatable bonds is 2. The van der Waals surface area contributed by atoms with Crippen LogP contribution in [0.1, 0.15) is 23.2 Å². The van der Waals surface area contributed by atoms with E-state index in [4.69, 9.17) is 0 Å². The van der Waals surface area contributed by atoms with Crippen molar-refractivity contribution in [2.45, 2.75) is 24.6 Å². The summed E-state index contributed by atoms with van der Waals surface area (Å²) in [5.41, 5.74) is 4.91. The van der Waals surface area contributed by atoms with Crippen LogP contribution in [0, 0.1) is 5.82 Å². The molecule has 2 aromatic rings. The second kappa shape index (κ2) is 4.81. The van der Waals surface area contributed by atoms with Gasteiger partial charge in [-0.1, -0.05) is 34.1 Å². The van der Waals surface area contributed by atoms with E-state index >= 15 is 0 Å². The number of hydrogen-bond donors (Lipinski definition) is 0. The third-order valence-electron chi connectivity index (χ3n) is 3.40. The van der Waals surface area contributed by atoms with Gasteiger partial charge in [0.25, 0.3) is 0 Å². The van der Waals surface area contributed by atoms with Crippen LogP contribution in [0.5, 0.6) is 0 Å². The Labute approximate surface area is 114 Å². The van der Waals surface area contributed by atoms with E-state index in [0.29, 0.717) is 10.9 Å². The SMILES string of the molecule is Fc1ccccc1-c1nc2c(cc1CBr)CCC2. The molecular weight excluding hydrogens is 293 g/mol. The average Bonchev–Trinajstić information content (AvgIpc) is 2.85. The highest BCUT2D eigenvalue weighted by Gasteiger charge is 2.18. The molecule has 1 aliphatic rings. The number of alkyl halides is 1. The van der Waals surface area contributed by atoms with E-state index < -0.39 is 0 Å². The fourth-order valence-electron chi connectivity index (χ4n) is 2.51. The van der Waals surface area contributed by atoms with Crippen molar-refractivity contribution in [3.63, 3.8) is 0 Å². The minimum atomic E-state index is -0.204. The Morgan fingerprint density at radius 1 is 1.22 bits per heavy atom. The highest BCUT2D eigenvalue weighted by atomic mass is 79.9. The van der Waals surface area contributed by atoms with Crippen LogP contribution in [0.25, 0.3) is 11.3 Å². The van der Waals surface area contributed by atoms with Crippen molar-refractivity contribution < 1.29 is 4.39 Å². The molecule has 0 N–H and O–H groups in total. The minimum Gasteiger partial charge on any atom is -0.252 e. The van der Waals surface area contributed by atoms with Crippen LogP contribution in [0.3, 0.4) is 0 Å². The summed E-state index contributed by atoms with van der Waals surface area (Å²) in [6, 6.07) is 9.02. The van der Waals surface area contributed by atoms with Crippen LogP contribution >= 0.6 is 15.9 Å². The van der Waals surface area contributed by atoms with Gasteiger partial charge in [0.1, 0.15) is 5.82 Å². The zero-order valence-electron chi connectivity index (χ0n) is 9.92. The number of hydrogen-bond acceptors (Lipinski definition) is 1. The lowest BCUT2D eigenvalue weighted by molar-refractivity contribution is 0.630. The van der Waals surface area contributed by atoms with Gasteiger partial charge >= 0.3 is 0 Å². The minimum absolute atomic E-state index is 0.204. The fraction of sp³-hybridized carbons (Fsp3) is 0.267. The number of aromatic nitrogens is 1. The first kappa shape index (κ1) is 11.8. The summed E-state index contributed by atoms with van der Waals surface area (Å²) in [6.45, 7) is 0. The van der Waals surface area contributed by atoms with E-state index in [-0.39, 0.29) is 5.82 Å². The van der Waals surface area contributed by atoms with Crippen LogP contribution in [0.2, 0.25) is 0 Å². The van der Waals surface area contributed by atoms with Crippen LogP contribution in [0.15, 0.2) is 30.3 Å². The summed E-state index contributed by atoms with van der Waals surface area (Å²) in [6.07, 6.45) is 3.27. The molecule has 3 heteroatoms. The van der Waals surface area contributed by atoms with Crippen molar-refractivity contribution in [2.24, 2.45) is 0 Å². The Kier molecular flexibility index (Phi) is 3.16. The first-order valence-electron chi connectivity index (χ1n) is 6.12. The molecule has 0 aliphatic heterocycles. The maximum atomic E-state index is 13.9. The Morgan fingerprint density at radius 3 is 2.83 bits per heavy atom. The van der Waals surface area contributed by atoms with Crippen LogP contribution in [-0.2, 0) is 18.2 Å². The molecule has 0 unspecified atom stereocenters.